The molecule has 2 heterocycles. The minimum Gasteiger partial charge on any atom is -0.375 e. The van der Waals surface area contributed by atoms with Gasteiger partial charge in [-0.25, -0.2) is 0 Å². The van der Waals surface area contributed by atoms with Crippen molar-refractivity contribution in [2.75, 3.05) is 13.7 Å². The average molecular weight is 509 g/mol. The first kappa shape index (κ1) is 24.9. The zero-order valence-electron chi connectivity index (χ0n) is 19.0. The summed E-state index contributed by atoms with van der Waals surface area (Å²) in [6.45, 7) is -0.241. The zero-order valence-corrected chi connectivity index (χ0v) is 20.6. The summed E-state index contributed by atoms with van der Waals surface area (Å²) in [6, 6.07) is 18.2. The van der Waals surface area contributed by atoms with Crippen LogP contribution in [0.25, 0.3) is 6.08 Å². The average Bonchev–Trinajstić information content (AvgIpc) is 3.49. The van der Waals surface area contributed by atoms with Crippen LogP contribution in [0.15, 0.2) is 78.2 Å². The lowest BCUT2D eigenvalue weighted by molar-refractivity contribution is -0.141. The summed E-state index contributed by atoms with van der Waals surface area (Å²) in [5.74, 6) is -2.68. The fourth-order valence-electron chi connectivity index (χ4n) is 4.73. The van der Waals surface area contributed by atoms with E-state index in [4.69, 9.17) is 22.1 Å². The van der Waals surface area contributed by atoms with Crippen molar-refractivity contribution in [1.82, 2.24) is 4.90 Å². The molecule has 1 aliphatic heterocycles. The number of ether oxygens (including phenoxy) is 1. The Balaban J connectivity index is 1.89. The van der Waals surface area contributed by atoms with E-state index in [9.17, 15) is 14.4 Å². The third-order valence-electron chi connectivity index (χ3n) is 6.13. The highest BCUT2D eigenvalue weighted by Gasteiger charge is 2.55. The number of hydrogen-bond acceptors (Lipinski definition) is 5. The number of likely N-dealkylation sites (tertiary alicyclic amines) is 1. The van der Waals surface area contributed by atoms with Crippen LogP contribution in [0, 0.1) is 5.92 Å². The van der Waals surface area contributed by atoms with E-state index in [1.807, 2.05) is 53.9 Å². The number of methoxy groups -OCH3 is 1. The number of hydrogen-bond donors (Lipinski definition) is 1. The zero-order chi connectivity index (χ0) is 24.9. The van der Waals surface area contributed by atoms with E-state index in [1.165, 1.54) is 23.3 Å². The lowest BCUT2D eigenvalue weighted by Gasteiger charge is -2.28. The maximum Gasteiger partial charge on any atom is 0.249 e. The molecule has 1 fully saturated rings. The van der Waals surface area contributed by atoms with Crippen molar-refractivity contribution in [2.45, 2.75) is 18.0 Å². The minimum absolute atomic E-state index is 0.215. The first-order valence-corrected chi connectivity index (χ1v) is 12.3. The molecule has 4 unspecified atom stereocenters. The Bertz CT molecular complexity index is 1230. The molecular weight excluding hydrogens is 484 g/mol. The molecule has 0 radical (unpaired) electrons. The summed E-state index contributed by atoms with van der Waals surface area (Å²) in [5, 5.41) is 2.31. The van der Waals surface area contributed by atoms with E-state index in [0.717, 1.165) is 10.4 Å². The van der Waals surface area contributed by atoms with E-state index in [0.29, 0.717) is 10.6 Å². The van der Waals surface area contributed by atoms with Crippen molar-refractivity contribution >= 4 is 46.6 Å². The van der Waals surface area contributed by atoms with Crippen LogP contribution in [0.3, 0.4) is 0 Å². The number of ketones is 1. The second-order valence-corrected chi connectivity index (χ2v) is 9.70. The highest BCUT2D eigenvalue weighted by molar-refractivity contribution is 7.10. The predicted octanol–water partition coefficient (Wildman–Crippen LogP) is 4.41. The van der Waals surface area contributed by atoms with Crippen LogP contribution in [0.2, 0.25) is 5.02 Å². The van der Waals surface area contributed by atoms with Crippen molar-refractivity contribution in [3.8, 4) is 0 Å². The van der Waals surface area contributed by atoms with E-state index in [2.05, 4.69) is 0 Å². The minimum atomic E-state index is -1.02. The molecule has 35 heavy (non-hydrogen) atoms. The van der Waals surface area contributed by atoms with Gasteiger partial charge in [-0.1, -0.05) is 72.3 Å². The van der Waals surface area contributed by atoms with Gasteiger partial charge >= 0.3 is 0 Å². The molecule has 3 aromatic rings. The number of thiophene rings is 1. The molecule has 0 bridgehead atoms. The van der Waals surface area contributed by atoms with Gasteiger partial charge in [-0.2, -0.15) is 0 Å². The second kappa shape index (κ2) is 11.0. The van der Waals surface area contributed by atoms with Crippen molar-refractivity contribution in [1.29, 1.82) is 0 Å². The highest BCUT2D eigenvalue weighted by Crippen LogP contribution is 2.46. The molecule has 1 saturated heterocycles. The van der Waals surface area contributed by atoms with Crippen LogP contribution in [0.4, 0.5) is 0 Å². The summed E-state index contributed by atoms with van der Waals surface area (Å²) >= 11 is 7.61. The molecular formula is C27H25ClN2O4S. The van der Waals surface area contributed by atoms with Crippen molar-refractivity contribution in [3.63, 3.8) is 0 Å². The molecule has 1 aliphatic rings. The van der Waals surface area contributed by atoms with Crippen LogP contribution < -0.4 is 5.73 Å². The van der Waals surface area contributed by atoms with Crippen LogP contribution in [-0.2, 0) is 14.3 Å². The Morgan fingerprint density at radius 1 is 1.09 bits per heavy atom. The summed E-state index contributed by atoms with van der Waals surface area (Å²) in [4.78, 5) is 42.4. The number of amides is 2. The lowest BCUT2D eigenvalue weighted by atomic mass is 9.80. The van der Waals surface area contributed by atoms with Gasteiger partial charge in [0.1, 0.15) is 12.6 Å². The van der Waals surface area contributed by atoms with Crippen LogP contribution in [-0.4, -0.2) is 48.3 Å². The second-order valence-electron chi connectivity index (χ2n) is 8.28. The number of nitrogens with two attached hydrogens (primary N) is 1. The standard InChI is InChI=1S/C27H25ClN2O4S/c1-34-16-22(31)30-20(13-12-17-7-3-2-4-8-17)23(26(32)18-9-5-10-19(28)15-18)24(25(30)27(29)33)21-11-6-14-35-21/h2-15,20,23-25H,16H2,1H3,(H2,29,33). The molecule has 2 amide bonds. The Kier molecular flexibility index (Phi) is 7.80. The van der Waals surface area contributed by atoms with E-state index >= 15 is 0 Å². The molecule has 6 nitrogen and oxygen atoms in total. The topological polar surface area (TPSA) is 89.7 Å². The lowest BCUT2D eigenvalue weighted by Crippen LogP contribution is -2.49. The third kappa shape index (κ3) is 5.22. The molecule has 2 aromatic carbocycles. The number of rotatable bonds is 8. The molecule has 180 valence electrons. The molecule has 2 N–H and O–H groups in total. The molecule has 0 spiro atoms. The van der Waals surface area contributed by atoms with Gasteiger partial charge in [0, 0.05) is 28.5 Å². The quantitative estimate of drug-likeness (QED) is 0.456. The van der Waals surface area contributed by atoms with Crippen molar-refractivity contribution in [2.24, 2.45) is 11.7 Å². The van der Waals surface area contributed by atoms with E-state index in [1.54, 1.807) is 30.3 Å². The normalized spacial score (nSPS) is 21.9. The number of nitrogens with zero attached hydrogens (tertiary/aromatic N) is 1. The number of halogens is 1. The van der Waals surface area contributed by atoms with E-state index in [-0.39, 0.29) is 12.4 Å². The maximum atomic E-state index is 14.0. The van der Waals surface area contributed by atoms with Crippen molar-refractivity contribution in [3.05, 3.63) is 99.2 Å². The number of benzene rings is 2. The molecule has 0 saturated carbocycles. The van der Waals surface area contributed by atoms with E-state index < -0.39 is 35.7 Å². The first-order chi connectivity index (χ1) is 16.9. The number of carbonyl (C=O) groups is 3. The largest absolute Gasteiger partial charge is 0.375 e. The molecule has 0 aliphatic carbocycles. The maximum absolute atomic E-state index is 14.0. The monoisotopic (exact) mass is 508 g/mol. The van der Waals surface area contributed by atoms with Gasteiger partial charge in [-0.05, 0) is 29.1 Å². The number of Topliss-reactive ketones (excluding diaryl/α,β-unsaturated/α-hetero) is 1. The van der Waals surface area contributed by atoms with Gasteiger partial charge in [0.15, 0.2) is 5.78 Å². The van der Waals surface area contributed by atoms with Crippen LogP contribution in [0.1, 0.15) is 26.7 Å². The number of primary amides is 1. The smallest absolute Gasteiger partial charge is 0.249 e. The molecule has 4 atom stereocenters. The first-order valence-electron chi connectivity index (χ1n) is 11.1. The third-order valence-corrected chi connectivity index (χ3v) is 7.34. The van der Waals surface area contributed by atoms with Crippen LogP contribution >= 0.6 is 22.9 Å². The summed E-state index contributed by atoms with van der Waals surface area (Å²) < 4.78 is 5.11. The Labute approximate surface area is 213 Å². The molecule has 8 heteroatoms. The molecule has 4 rings (SSSR count). The Hall–Kier alpha value is -3.26. The van der Waals surface area contributed by atoms with Gasteiger partial charge in [0.2, 0.25) is 11.8 Å². The predicted molar refractivity (Wildman–Crippen MR) is 137 cm³/mol. The van der Waals surface area contributed by atoms with Crippen LogP contribution in [0.5, 0.6) is 0 Å². The Morgan fingerprint density at radius 3 is 2.49 bits per heavy atom. The van der Waals surface area contributed by atoms with Gasteiger partial charge in [0.25, 0.3) is 0 Å². The summed E-state index contributed by atoms with van der Waals surface area (Å²) in [7, 11) is 1.41. The van der Waals surface area contributed by atoms with Gasteiger partial charge < -0.3 is 15.4 Å². The summed E-state index contributed by atoms with van der Waals surface area (Å²) in [6.07, 6.45) is 3.66. The van der Waals surface area contributed by atoms with Gasteiger partial charge in [-0.3, -0.25) is 14.4 Å². The Morgan fingerprint density at radius 2 is 1.86 bits per heavy atom. The van der Waals surface area contributed by atoms with Crippen molar-refractivity contribution < 1.29 is 19.1 Å². The molecule has 1 aromatic heterocycles. The van der Waals surface area contributed by atoms with Gasteiger partial charge in [0.05, 0.1) is 12.0 Å². The fraction of sp³-hybridized carbons (Fsp3) is 0.222. The van der Waals surface area contributed by atoms with Gasteiger partial charge in [-0.15, -0.1) is 11.3 Å². The fourth-order valence-corrected chi connectivity index (χ4v) is 5.82. The number of carbonyl (C=O) groups excluding carboxylic acids is 3. The summed E-state index contributed by atoms with van der Waals surface area (Å²) in [5.41, 5.74) is 7.20. The highest BCUT2D eigenvalue weighted by atomic mass is 35.5. The SMILES string of the molecule is COCC(=O)N1C(C=Cc2ccccc2)C(C(=O)c2cccc(Cl)c2)C(c2cccs2)C1C(N)=O.